The first-order valence-electron chi connectivity index (χ1n) is 7.77. The van der Waals surface area contributed by atoms with E-state index in [1.807, 2.05) is 19.1 Å². The summed E-state index contributed by atoms with van der Waals surface area (Å²) >= 11 is 1.73. The SMILES string of the molecule is CC[NH+]1CCc2c(sc3c2C(=O)N[C@H](c2ccc(C)o2)N3)C1. The first-order chi connectivity index (χ1) is 10.7. The molecule has 4 rings (SSSR count). The Hall–Kier alpha value is -1.79. The molecule has 5 nitrogen and oxygen atoms in total. The number of rotatable bonds is 2. The fourth-order valence-corrected chi connectivity index (χ4v) is 4.65. The average molecular weight is 318 g/mol. The zero-order chi connectivity index (χ0) is 15.3. The van der Waals surface area contributed by atoms with E-state index in [2.05, 4.69) is 17.6 Å². The zero-order valence-corrected chi connectivity index (χ0v) is 13.6. The van der Waals surface area contributed by atoms with Crippen molar-refractivity contribution in [1.82, 2.24) is 5.32 Å². The van der Waals surface area contributed by atoms with Crippen molar-refractivity contribution >= 4 is 22.2 Å². The van der Waals surface area contributed by atoms with Crippen molar-refractivity contribution in [2.75, 3.05) is 18.4 Å². The summed E-state index contributed by atoms with van der Waals surface area (Å²) in [5, 5.41) is 7.44. The molecule has 0 saturated carbocycles. The molecule has 6 heteroatoms. The number of anilines is 1. The maximum Gasteiger partial charge on any atom is 0.256 e. The van der Waals surface area contributed by atoms with Gasteiger partial charge in [-0.3, -0.25) is 4.79 Å². The molecule has 0 fully saturated rings. The summed E-state index contributed by atoms with van der Waals surface area (Å²) in [6.07, 6.45) is 0.715. The second kappa shape index (κ2) is 5.14. The average Bonchev–Trinajstić information content (AvgIpc) is 3.09. The van der Waals surface area contributed by atoms with E-state index in [0.29, 0.717) is 0 Å². The quantitative estimate of drug-likeness (QED) is 0.786. The standard InChI is InChI=1S/C16H19N3O2S/c1-3-19-7-6-10-12(8-19)22-16-13(10)15(20)17-14(18-16)11-5-4-9(2)21-11/h4-5,14,18H,3,6-8H2,1-2H3,(H,17,20)/p+1/t14-/m0/s1. The lowest BCUT2D eigenvalue weighted by molar-refractivity contribution is -0.913. The molecule has 0 aromatic carbocycles. The van der Waals surface area contributed by atoms with Crippen LogP contribution in [0.3, 0.4) is 0 Å². The van der Waals surface area contributed by atoms with Gasteiger partial charge in [-0.1, -0.05) is 0 Å². The Bertz CT molecular complexity index is 734. The lowest BCUT2D eigenvalue weighted by atomic mass is 10.0. The summed E-state index contributed by atoms with van der Waals surface area (Å²) in [5.41, 5.74) is 2.10. The highest BCUT2D eigenvalue weighted by atomic mass is 32.1. The van der Waals surface area contributed by atoms with Crippen LogP contribution in [0.4, 0.5) is 5.00 Å². The largest absolute Gasteiger partial charge is 0.462 e. The lowest BCUT2D eigenvalue weighted by Crippen LogP contribution is -3.11. The minimum absolute atomic E-state index is 0.0188. The molecule has 0 aliphatic carbocycles. The monoisotopic (exact) mass is 318 g/mol. The molecule has 22 heavy (non-hydrogen) atoms. The molecule has 4 heterocycles. The first kappa shape index (κ1) is 13.8. The van der Waals surface area contributed by atoms with Crippen LogP contribution >= 0.6 is 11.3 Å². The minimum Gasteiger partial charge on any atom is -0.462 e. The predicted molar refractivity (Wildman–Crippen MR) is 85.4 cm³/mol. The van der Waals surface area contributed by atoms with Gasteiger partial charge in [0, 0.05) is 6.42 Å². The summed E-state index contributed by atoms with van der Waals surface area (Å²) in [7, 11) is 0. The Morgan fingerprint density at radius 1 is 1.41 bits per heavy atom. The first-order valence-corrected chi connectivity index (χ1v) is 8.59. The number of hydrogen-bond acceptors (Lipinski definition) is 4. The van der Waals surface area contributed by atoms with Gasteiger partial charge in [0.05, 0.1) is 23.5 Å². The number of quaternary nitrogens is 1. The van der Waals surface area contributed by atoms with Gasteiger partial charge in [-0.05, 0) is 31.5 Å². The van der Waals surface area contributed by atoms with Crippen molar-refractivity contribution in [2.45, 2.75) is 33.0 Å². The molecule has 0 bridgehead atoms. The molecule has 0 saturated heterocycles. The van der Waals surface area contributed by atoms with Crippen LogP contribution in [0.25, 0.3) is 0 Å². The highest BCUT2D eigenvalue weighted by Crippen LogP contribution is 2.39. The second-order valence-corrected chi connectivity index (χ2v) is 7.09. The molecule has 1 unspecified atom stereocenters. The highest BCUT2D eigenvalue weighted by Gasteiger charge is 2.34. The van der Waals surface area contributed by atoms with Crippen molar-refractivity contribution in [3.8, 4) is 0 Å². The maximum atomic E-state index is 12.6. The van der Waals surface area contributed by atoms with Crippen LogP contribution in [0.5, 0.6) is 0 Å². The number of furan rings is 1. The van der Waals surface area contributed by atoms with E-state index < -0.39 is 0 Å². The fraction of sp³-hybridized carbons (Fsp3) is 0.438. The minimum atomic E-state index is -0.275. The molecule has 2 aromatic rings. The van der Waals surface area contributed by atoms with E-state index in [9.17, 15) is 4.79 Å². The Kier molecular flexibility index (Phi) is 3.23. The van der Waals surface area contributed by atoms with Crippen LogP contribution in [-0.2, 0) is 13.0 Å². The van der Waals surface area contributed by atoms with Crippen LogP contribution in [0.2, 0.25) is 0 Å². The van der Waals surface area contributed by atoms with Gasteiger partial charge in [-0.25, -0.2) is 0 Å². The molecule has 116 valence electrons. The number of aryl methyl sites for hydroxylation is 1. The molecule has 2 aromatic heterocycles. The Labute approximate surface area is 133 Å². The van der Waals surface area contributed by atoms with Crippen molar-refractivity contribution in [2.24, 2.45) is 0 Å². The Morgan fingerprint density at radius 3 is 3.00 bits per heavy atom. The van der Waals surface area contributed by atoms with Gasteiger partial charge in [0.2, 0.25) is 0 Å². The molecule has 0 spiro atoms. The van der Waals surface area contributed by atoms with Crippen LogP contribution in [0.15, 0.2) is 16.5 Å². The Balaban J connectivity index is 1.67. The van der Waals surface area contributed by atoms with Gasteiger partial charge >= 0.3 is 0 Å². The third-order valence-electron chi connectivity index (χ3n) is 4.55. The molecule has 3 N–H and O–H groups in total. The van der Waals surface area contributed by atoms with Crippen molar-refractivity contribution in [3.05, 3.63) is 39.7 Å². The zero-order valence-electron chi connectivity index (χ0n) is 12.8. The number of amides is 1. The number of carbonyl (C=O) groups excluding carboxylic acids is 1. The van der Waals surface area contributed by atoms with Gasteiger partial charge in [-0.15, -0.1) is 11.3 Å². The third kappa shape index (κ3) is 2.14. The van der Waals surface area contributed by atoms with Crippen LogP contribution in [-0.4, -0.2) is 19.0 Å². The third-order valence-corrected chi connectivity index (χ3v) is 5.72. The summed E-state index contributed by atoms with van der Waals surface area (Å²) < 4.78 is 5.65. The molecule has 2 atom stereocenters. The van der Waals surface area contributed by atoms with Crippen molar-refractivity contribution in [3.63, 3.8) is 0 Å². The van der Waals surface area contributed by atoms with E-state index >= 15 is 0 Å². The topological polar surface area (TPSA) is 58.7 Å². The second-order valence-electron chi connectivity index (χ2n) is 5.99. The molecular formula is C16H20N3O2S+. The van der Waals surface area contributed by atoms with Crippen LogP contribution < -0.4 is 15.5 Å². The maximum absolute atomic E-state index is 12.6. The molecule has 2 aliphatic rings. The smallest absolute Gasteiger partial charge is 0.256 e. The van der Waals surface area contributed by atoms with E-state index in [1.165, 1.54) is 10.4 Å². The number of thiophene rings is 1. The molecule has 2 aliphatic heterocycles. The summed E-state index contributed by atoms with van der Waals surface area (Å²) in [5.74, 6) is 1.62. The van der Waals surface area contributed by atoms with Gasteiger partial charge in [0.15, 0.2) is 6.17 Å². The Morgan fingerprint density at radius 2 is 2.27 bits per heavy atom. The van der Waals surface area contributed by atoms with Gasteiger partial charge < -0.3 is 20.0 Å². The van der Waals surface area contributed by atoms with Gasteiger partial charge in [0.25, 0.3) is 5.91 Å². The normalized spacial score (nSPS) is 23.5. The number of fused-ring (bicyclic) bond motifs is 3. The van der Waals surface area contributed by atoms with Crippen molar-refractivity contribution in [1.29, 1.82) is 0 Å². The van der Waals surface area contributed by atoms with E-state index in [1.54, 1.807) is 16.2 Å². The number of nitrogens with one attached hydrogen (secondary N) is 3. The molecule has 1 amide bonds. The molecular weight excluding hydrogens is 298 g/mol. The van der Waals surface area contributed by atoms with Gasteiger partial charge in [-0.2, -0.15) is 0 Å². The predicted octanol–water partition coefficient (Wildman–Crippen LogP) is 1.46. The number of carbonyl (C=O) groups is 1. The van der Waals surface area contributed by atoms with E-state index in [0.717, 1.165) is 48.1 Å². The number of likely N-dealkylation sites (N-methyl/N-ethyl adjacent to an activating group) is 1. The van der Waals surface area contributed by atoms with E-state index in [4.69, 9.17) is 4.42 Å². The number of hydrogen-bond donors (Lipinski definition) is 3. The van der Waals surface area contributed by atoms with Gasteiger partial charge in [0.1, 0.15) is 23.1 Å². The van der Waals surface area contributed by atoms with E-state index in [-0.39, 0.29) is 12.1 Å². The summed E-state index contributed by atoms with van der Waals surface area (Å²) in [4.78, 5) is 15.5. The summed E-state index contributed by atoms with van der Waals surface area (Å²) in [6, 6.07) is 3.83. The molecule has 0 radical (unpaired) electrons. The highest BCUT2D eigenvalue weighted by molar-refractivity contribution is 7.16. The van der Waals surface area contributed by atoms with Crippen LogP contribution in [0.1, 0.15) is 45.4 Å². The van der Waals surface area contributed by atoms with Crippen molar-refractivity contribution < 1.29 is 14.1 Å². The lowest BCUT2D eigenvalue weighted by Gasteiger charge is -2.25. The summed E-state index contributed by atoms with van der Waals surface area (Å²) in [6.45, 7) is 7.40. The van der Waals surface area contributed by atoms with Crippen LogP contribution in [0, 0.1) is 6.92 Å². The fourth-order valence-electron chi connectivity index (χ4n) is 3.30.